The average Bonchev–Trinajstić information content (AvgIpc) is 2.83. The number of anilines is 3. The van der Waals surface area contributed by atoms with Crippen LogP contribution >= 0.6 is 0 Å². The summed E-state index contributed by atoms with van der Waals surface area (Å²) in [6.07, 6.45) is 0. The summed E-state index contributed by atoms with van der Waals surface area (Å²) in [7, 11) is 3.72. The van der Waals surface area contributed by atoms with E-state index >= 15 is 0 Å². The van der Waals surface area contributed by atoms with Crippen molar-refractivity contribution in [3.05, 3.63) is 89.2 Å². The Morgan fingerprint density at radius 3 is 2.24 bits per heavy atom. The van der Waals surface area contributed by atoms with Gasteiger partial charge in [0.25, 0.3) is 5.91 Å². The molecule has 0 spiro atoms. The van der Waals surface area contributed by atoms with Crippen molar-refractivity contribution in [1.82, 2.24) is 9.97 Å². The van der Waals surface area contributed by atoms with Gasteiger partial charge in [0, 0.05) is 42.8 Å². The third kappa shape index (κ3) is 5.17. The van der Waals surface area contributed by atoms with Crippen LogP contribution < -0.4 is 15.5 Å². The topological polar surface area (TPSA) is 87.2 Å². The van der Waals surface area contributed by atoms with Gasteiger partial charge in [-0.1, -0.05) is 18.2 Å². The van der Waals surface area contributed by atoms with Crippen molar-refractivity contribution in [3.8, 4) is 0 Å². The molecule has 3 aromatic carbocycles. The molecule has 4 rings (SSSR count). The van der Waals surface area contributed by atoms with Gasteiger partial charge < -0.3 is 15.5 Å². The Kier molecular flexibility index (Phi) is 6.49. The largest absolute Gasteiger partial charge is 0.365 e. The number of fused-ring (bicyclic) bond motifs is 1. The zero-order chi connectivity index (χ0) is 24.2. The predicted molar refractivity (Wildman–Crippen MR) is 132 cm³/mol. The Morgan fingerprint density at radius 1 is 0.912 bits per heavy atom. The number of nitrogens with one attached hydrogen (secondary N) is 2. The molecule has 0 aliphatic rings. The van der Waals surface area contributed by atoms with E-state index in [4.69, 9.17) is 0 Å². The van der Waals surface area contributed by atoms with E-state index in [0.29, 0.717) is 40.6 Å². The summed E-state index contributed by atoms with van der Waals surface area (Å²) in [5, 5.41) is 6.97. The third-order valence-electron chi connectivity index (χ3n) is 5.27. The van der Waals surface area contributed by atoms with Crippen LogP contribution in [0, 0.1) is 5.82 Å². The molecule has 172 valence electrons. The lowest BCUT2D eigenvalue weighted by Gasteiger charge is -2.15. The number of aromatic nitrogens is 2. The van der Waals surface area contributed by atoms with E-state index in [1.807, 2.05) is 37.2 Å². The van der Waals surface area contributed by atoms with Gasteiger partial charge in [0.1, 0.15) is 11.6 Å². The minimum atomic E-state index is -0.387. The molecule has 0 unspecified atom stereocenters. The van der Waals surface area contributed by atoms with Crippen LogP contribution in [0.4, 0.5) is 21.8 Å². The first-order valence-electron chi connectivity index (χ1n) is 10.7. The van der Waals surface area contributed by atoms with E-state index in [2.05, 4.69) is 20.6 Å². The molecule has 0 saturated heterocycles. The van der Waals surface area contributed by atoms with E-state index in [1.165, 1.54) is 31.2 Å². The molecule has 0 radical (unpaired) electrons. The fraction of sp³-hybridized carbons (Fsp3) is 0.154. The standard InChI is InChI=1S/C26H24FN5O2/c1-16(33)19-8-13-22-23(14-19)30-26(32(2)3)31-24(22)28-15-17-4-11-21(12-5-17)29-25(34)18-6-9-20(27)10-7-18/h4-14H,15H2,1-3H3,(H,29,34)(H,28,30,31). The lowest BCUT2D eigenvalue weighted by atomic mass is 10.1. The Hall–Kier alpha value is -4.33. The molecule has 0 aliphatic carbocycles. The number of benzene rings is 3. The molecule has 2 N–H and O–H groups in total. The molecule has 7 nitrogen and oxygen atoms in total. The minimum Gasteiger partial charge on any atom is -0.365 e. The Morgan fingerprint density at radius 2 is 1.59 bits per heavy atom. The quantitative estimate of drug-likeness (QED) is 0.384. The van der Waals surface area contributed by atoms with Crippen LogP contribution in [0.1, 0.15) is 33.2 Å². The van der Waals surface area contributed by atoms with Crippen molar-refractivity contribution >= 4 is 40.0 Å². The lowest BCUT2D eigenvalue weighted by Crippen LogP contribution is -2.14. The first-order chi connectivity index (χ1) is 16.3. The molecule has 8 heteroatoms. The number of rotatable bonds is 7. The number of hydrogen-bond acceptors (Lipinski definition) is 6. The second-order valence-corrected chi connectivity index (χ2v) is 8.07. The third-order valence-corrected chi connectivity index (χ3v) is 5.27. The number of amides is 1. The van der Waals surface area contributed by atoms with Crippen molar-refractivity contribution < 1.29 is 14.0 Å². The SMILES string of the molecule is CC(=O)c1ccc2c(NCc3ccc(NC(=O)c4ccc(F)cc4)cc3)nc(N(C)C)nc2c1. The van der Waals surface area contributed by atoms with E-state index in [-0.39, 0.29) is 17.5 Å². The highest BCUT2D eigenvalue weighted by atomic mass is 19.1. The summed E-state index contributed by atoms with van der Waals surface area (Å²) in [6, 6.07) is 18.2. The molecule has 34 heavy (non-hydrogen) atoms. The van der Waals surface area contributed by atoms with Crippen molar-refractivity contribution in [2.24, 2.45) is 0 Å². The summed E-state index contributed by atoms with van der Waals surface area (Å²) < 4.78 is 13.1. The van der Waals surface area contributed by atoms with Crippen LogP contribution in [0.2, 0.25) is 0 Å². The zero-order valence-electron chi connectivity index (χ0n) is 19.1. The molecular formula is C26H24FN5O2. The van der Waals surface area contributed by atoms with Gasteiger partial charge in [0.2, 0.25) is 5.95 Å². The summed E-state index contributed by atoms with van der Waals surface area (Å²) in [5.74, 6) is 0.487. The highest BCUT2D eigenvalue weighted by Gasteiger charge is 2.12. The van der Waals surface area contributed by atoms with Crippen molar-refractivity contribution in [1.29, 1.82) is 0 Å². The van der Waals surface area contributed by atoms with Crippen LogP contribution in [-0.4, -0.2) is 35.8 Å². The summed E-state index contributed by atoms with van der Waals surface area (Å²) in [5.41, 5.74) is 3.29. The Labute approximate surface area is 196 Å². The monoisotopic (exact) mass is 457 g/mol. The van der Waals surface area contributed by atoms with Gasteiger partial charge >= 0.3 is 0 Å². The molecule has 1 heterocycles. The normalized spacial score (nSPS) is 10.7. The lowest BCUT2D eigenvalue weighted by molar-refractivity contribution is 0.101. The van der Waals surface area contributed by atoms with Gasteiger partial charge in [-0.25, -0.2) is 9.37 Å². The van der Waals surface area contributed by atoms with Gasteiger partial charge in [-0.3, -0.25) is 9.59 Å². The molecule has 4 aromatic rings. The van der Waals surface area contributed by atoms with Gasteiger partial charge in [0.15, 0.2) is 5.78 Å². The van der Waals surface area contributed by atoms with Crippen LogP contribution in [0.25, 0.3) is 10.9 Å². The molecule has 0 aliphatic heterocycles. The maximum absolute atomic E-state index is 13.1. The fourth-order valence-corrected chi connectivity index (χ4v) is 3.37. The van der Waals surface area contributed by atoms with E-state index in [0.717, 1.165) is 10.9 Å². The number of Topliss-reactive ketones (excluding diaryl/α,β-unsaturated/α-hetero) is 1. The van der Waals surface area contributed by atoms with Gasteiger partial charge in [-0.15, -0.1) is 0 Å². The summed E-state index contributed by atoms with van der Waals surface area (Å²) in [6.45, 7) is 2.03. The van der Waals surface area contributed by atoms with Crippen LogP contribution in [0.15, 0.2) is 66.7 Å². The maximum Gasteiger partial charge on any atom is 0.255 e. The summed E-state index contributed by atoms with van der Waals surface area (Å²) in [4.78, 5) is 35.1. The maximum atomic E-state index is 13.1. The molecule has 0 bridgehead atoms. The van der Waals surface area contributed by atoms with Crippen LogP contribution in [0.5, 0.6) is 0 Å². The first-order valence-corrected chi connectivity index (χ1v) is 10.7. The molecule has 1 aromatic heterocycles. The number of carbonyl (C=O) groups is 2. The zero-order valence-corrected chi connectivity index (χ0v) is 19.1. The molecule has 0 saturated carbocycles. The first kappa shape index (κ1) is 22.8. The fourth-order valence-electron chi connectivity index (χ4n) is 3.37. The van der Waals surface area contributed by atoms with Crippen molar-refractivity contribution in [3.63, 3.8) is 0 Å². The highest BCUT2D eigenvalue weighted by molar-refractivity contribution is 6.04. The van der Waals surface area contributed by atoms with Gasteiger partial charge in [-0.2, -0.15) is 4.98 Å². The second kappa shape index (κ2) is 9.66. The number of ketones is 1. The Balaban J connectivity index is 1.49. The summed E-state index contributed by atoms with van der Waals surface area (Å²) >= 11 is 0. The smallest absolute Gasteiger partial charge is 0.255 e. The number of halogens is 1. The molecule has 0 atom stereocenters. The highest BCUT2D eigenvalue weighted by Crippen LogP contribution is 2.25. The average molecular weight is 458 g/mol. The van der Waals surface area contributed by atoms with Gasteiger partial charge in [-0.05, 0) is 61.0 Å². The van der Waals surface area contributed by atoms with Crippen molar-refractivity contribution in [2.45, 2.75) is 13.5 Å². The van der Waals surface area contributed by atoms with Crippen LogP contribution in [-0.2, 0) is 6.54 Å². The van der Waals surface area contributed by atoms with E-state index in [1.54, 1.807) is 24.3 Å². The predicted octanol–water partition coefficient (Wildman–Crippen LogP) is 4.90. The van der Waals surface area contributed by atoms with Gasteiger partial charge in [0.05, 0.1) is 5.52 Å². The van der Waals surface area contributed by atoms with E-state index in [9.17, 15) is 14.0 Å². The van der Waals surface area contributed by atoms with Crippen LogP contribution in [0.3, 0.4) is 0 Å². The number of carbonyl (C=O) groups excluding carboxylic acids is 2. The van der Waals surface area contributed by atoms with E-state index < -0.39 is 0 Å². The minimum absolute atomic E-state index is 0.0203. The number of nitrogens with zero attached hydrogens (tertiary/aromatic N) is 3. The Bertz CT molecular complexity index is 1350. The second-order valence-electron chi connectivity index (χ2n) is 8.07. The molecule has 0 fully saturated rings. The number of hydrogen-bond donors (Lipinski definition) is 2. The molecule has 1 amide bonds. The van der Waals surface area contributed by atoms with Crippen molar-refractivity contribution in [2.75, 3.05) is 29.6 Å². The molecular weight excluding hydrogens is 433 g/mol.